The van der Waals surface area contributed by atoms with Crippen LogP contribution in [0.15, 0.2) is 12.7 Å². The Bertz CT molecular complexity index is 254. The summed E-state index contributed by atoms with van der Waals surface area (Å²) in [7, 11) is 0. The van der Waals surface area contributed by atoms with Crippen molar-refractivity contribution in [2.45, 2.75) is 18.1 Å². The van der Waals surface area contributed by atoms with E-state index >= 15 is 0 Å². The molecule has 0 aliphatic rings. The summed E-state index contributed by atoms with van der Waals surface area (Å²) in [6.07, 6.45) is -11.8. The summed E-state index contributed by atoms with van der Waals surface area (Å²) in [5, 5.41) is 0. The topological polar surface area (TPSA) is 52.3 Å². The molecular weight excluding hydrogens is 232 g/mol. The lowest BCUT2D eigenvalue weighted by Crippen LogP contribution is -2.66. The number of alkyl halides is 6. The van der Waals surface area contributed by atoms with Crippen LogP contribution >= 0.6 is 0 Å². The van der Waals surface area contributed by atoms with E-state index in [2.05, 4.69) is 17.0 Å². The lowest BCUT2D eigenvalue weighted by atomic mass is 10.2. The van der Waals surface area contributed by atoms with Crippen LogP contribution in [0.4, 0.5) is 26.3 Å². The molecule has 0 atom stereocenters. The van der Waals surface area contributed by atoms with Crippen LogP contribution in [0.2, 0.25) is 0 Å². The minimum Gasteiger partial charge on any atom is -0.422 e. The zero-order valence-electron chi connectivity index (χ0n) is 6.95. The molecule has 0 amide bonds. The molecular formula is C6H5F6NO2. The first kappa shape index (κ1) is 13.8. The highest BCUT2D eigenvalue weighted by Gasteiger charge is 2.72. The predicted molar refractivity (Wildman–Crippen MR) is 35.3 cm³/mol. The molecule has 88 valence electrons. The van der Waals surface area contributed by atoms with Gasteiger partial charge in [0.25, 0.3) is 0 Å². The smallest absolute Gasteiger partial charge is 0.422 e. The third kappa shape index (κ3) is 2.61. The molecule has 0 aromatic rings. The number of halogens is 6. The second kappa shape index (κ2) is 3.72. The molecule has 0 aliphatic heterocycles. The van der Waals surface area contributed by atoms with Crippen molar-refractivity contribution in [3.8, 4) is 0 Å². The fraction of sp³-hybridized carbons (Fsp3) is 0.500. The number of rotatable bonds is 2. The largest absolute Gasteiger partial charge is 0.452 e. The molecule has 0 fully saturated rings. The average molecular weight is 237 g/mol. The summed E-state index contributed by atoms with van der Waals surface area (Å²) >= 11 is 0. The fourth-order valence-electron chi connectivity index (χ4n) is 0.477. The molecule has 3 nitrogen and oxygen atoms in total. The number of hydrogen-bond acceptors (Lipinski definition) is 3. The van der Waals surface area contributed by atoms with Crippen LogP contribution in [-0.2, 0) is 9.53 Å². The van der Waals surface area contributed by atoms with Crippen molar-refractivity contribution >= 4 is 5.97 Å². The Hall–Kier alpha value is -1.25. The summed E-state index contributed by atoms with van der Waals surface area (Å²) in [4.78, 5) is 10.3. The Morgan fingerprint density at radius 1 is 1.13 bits per heavy atom. The SMILES string of the molecule is C=CC(=O)OC(N)(C(F)(F)F)C(F)(F)F. The van der Waals surface area contributed by atoms with Crippen LogP contribution in [0.25, 0.3) is 0 Å². The second-order valence-electron chi connectivity index (χ2n) is 2.36. The van der Waals surface area contributed by atoms with E-state index in [9.17, 15) is 31.1 Å². The van der Waals surface area contributed by atoms with Gasteiger partial charge in [-0.05, 0) is 0 Å². The van der Waals surface area contributed by atoms with Crippen molar-refractivity contribution in [3.05, 3.63) is 12.7 Å². The van der Waals surface area contributed by atoms with Crippen molar-refractivity contribution in [2.75, 3.05) is 0 Å². The highest BCUT2D eigenvalue weighted by Crippen LogP contribution is 2.41. The quantitative estimate of drug-likeness (QED) is 0.342. The number of carbonyl (C=O) groups excluding carboxylic acids is 1. The van der Waals surface area contributed by atoms with Gasteiger partial charge in [0.15, 0.2) is 0 Å². The summed E-state index contributed by atoms with van der Waals surface area (Å²) in [5.74, 6) is -1.92. The van der Waals surface area contributed by atoms with Gasteiger partial charge in [0, 0.05) is 6.08 Å². The molecule has 0 unspecified atom stereocenters. The molecule has 0 bridgehead atoms. The van der Waals surface area contributed by atoms with Gasteiger partial charge in [0.2, 0.25) is 0 Å². The van der Waals surface area contributed by atoms with Crippen LogP contribution in [0.5, 0.6) is 0 Å². The maximum Gasteiger partial charge on any atom is 0.452 e. The van der Waals surface area contributed by atoms with E-state index in [0.717, 1.165) is 0 Å². The standard InChI is InChI=1S/C6H5F6NO2/c1-2-3(14)15-4(13,5(7,8)9)6(10,11)12/h2H,1,13H2. The Balaban J connectivity index is 5.24. The Kier molecular flexibility index (Phi) is 3.41. The number of esters is 1. The van der Waals surface area contributed by atoms with Crippen LogP contribution in [0.3, 0.4) is 0 Å². The van der Waals surface area contributed by atoms with E-state index in [0.29, 0.717) is 0 Å². The Labute approximate surface area is 79.5 Å². The maximum absolute atomic E-state index is 11.9. The van der Waals surface area contributed by atoms with E-state index in [-0.39, 0.29) is 6.08 Å². The van der Waals surface area contributed by atoms with Gasteiger partial charge >= 0.3 is 24.0 Å². The van der Waals surface area contributed by atoms with Crippen LogP contribution in [-0.4, -0.2) is 24.0 Å². The highest BCUT2D eigenvalue weighted by molar-refractivity contribution is 5.81. The highest BCUT2D eigenvalue weighted by atomic mass is 19.4. The molecule has 9 heteroatoms. The zero-order chi connectivity index (χ0) is 12.5. The number of nitrogens with two attached hydrogens (primary N) is 1. The van der Waals surface area contributed by atoms with E-state index in [4.69, 9.17) is 0 Å². The van der Waals surface area contributed by atoms with Gasteiger partial charge in [-0.25, -0.2) is 4.79 Å². The number of carbonyl (C=O) groups is 1. The van der Waals surface area contributed by atoms with Crippen molar-refractivity contribution in [1.29, 1.82) is 0 Å². The van der Waals surface area contributed by atoms with Crippen molar-refractivity contribution in [1.82, 2.24) is 0 Å². The normalized spacial score (nSPS) is 13.5. The molecule has 0 saturated heterocycles. The molecule has 15 heavy (non-hydrogen) atoms. The first-order valence-corrected chi connectivity index (χ1v) is 3.23. The number of hydrogen-bond donors (Lipinski definition) is 1. The lowest BCUT2D eigenvalue weighted by Gasteiger charge is -2.32. The molecule has 0 aromatic heterocycles. The summed E-state index contributed by atoms with van der Waals surface area (Å²) in [6, 6.07) is 0. The van der Waals surface area contributed by atoms with Gasteiger partial charge in [-0.1, -0.05) is 6.58 Å². The van der Waals surface area contributed by atoms with Gasteiger partial charge in [0.05, 0.1) is 0 Å². The molecule has 2 N–H and O–H groups in total. The maximum atomic E-state index is 11.9. The molecule has 0 spiro atoms. The van der Waals surface area contributed by atoms with Crippen molar-refractivity contribution in [3.63, 3.8) is 0 Å². The van der Waals surface area contributed by atoms with Gasteiger partial charge in [-0.15, -0.1) is 0 Å². The van der Waals surface area contributed by atoms with Gasteiger partial charge in [0.1, 0.15) is 0 Å². The van der Waals surface area contributed by atoms with Gasteiger partial charge in [-0.3, -0.25) is 5.73 Å². The van der Waals surface area contributed by atoms with Gasteiger partial charge in [-0.2, -0.15) is 26.3 Å². The zero-order valence-corrected chi connectivity index (χ0v) is 6.95. The first-order chi connectivity index (χ1) is 6.45. The predicted octanol–water partition coefficient (Wildman–Crippen LogP) is 1.50. The minimum absolute atomic E-state index is 0.138. The molecule has 0 aliphatic carbocycles. The Morgan fingerprint density at radius 2 is 1.47 bits per heavy atom. The molecule has 0 radical (unpaired) electrons. The van der Waals surface area contributed by atoms with Gasteiger partial charge < -0.3 is 4.74 Å². The third-order valence-corrected chi connectivity index (χ3v) is 1.27. The molecule has 0 saturated carbocycles. The third-order valence-electron chi connectivity index (χ3n) is 1.27. The number of ether oxygens (including phenoxy) is 1. The lowest BCUT2D eigenvalue weighted by molar-refractivity contribution is -0.366. The van der Waals surface area contributed by atoms with E-state index in [1.54, 1.807) is 0 Å². The molecule has 0 rings (SSSR count). The monoisotopic (exact) mass is 237 g/mol. The van der Waals surface area contributed by atoms with Crippen molar-refractivity contribution < 1.29 is 35.9 Å². The first-order valence-electron chi connectivity index (χ1n) is 3.23. The summed E-state index contributed by atoms with van der Waals surface area (Å²) in [6.45, 7) is 2.64. The van der Waals surface area contributed by atoms with E-state index in [1.807, 2.05) is 0 Å². The minimum atomic E-state index is -5.97. The summed E-state index contributed by atoms with van der Waals surface area (Å²) in [5.41, 5.74) is -1.03. The van der Waals surface area contributed by atoms with Crippen molar-refractivity contribution in [2.24, 2.45) is 5.73 Å². The average Bonchev–Trinajstić information content (AvgIpc) is 1.99. The van der Waals surface area contributed by atoms with Crippen LogP contribution in [0, 0.1) is 0 Å². The molecule has 0 aromatic carbocycles. The van der Waals surface area contributed by atoms with E-state index in [1.165, 1.54) is 0 Å². The van der Waals surface area contributed by atoms with E-state index < -0.39 is 24.0 Å². The molecule has 0 heterocycles. The van der Waals surface area contributed by atoms with Crippen LogP contribution < -0.4 is 5.73 Å². The summed E-state index contributed by atoms with van der Waals surface area (Å²) < 4.78 is 74.7. The fourth-order valence-corrected chi connectivity index (χ4v) is 0.477. The van der Waals surface area contributed by atoms with Crippen LogP contribution in [0.1, 0.15) is 0 Å². The second-order valence-corrected chi connectivity index (χ2v) is 2.36. The Morgan fingerprint density at radius 3 is 1.67 bits per heavy atom.